The molecule has 2 N–H and O–H groups in total. The van der Waals surface area contributed by atoms with Crippen molar-refractivity contribution in [2.24, 2.45) is 29.6 Å². The highest BCUT2D eigenvalue weighted by molar-refractivity contribution is 6.00. The zero-order valence-electron chi connectivity index (χ0n) is 13.5. The van der Waals surface area contributed by atoms with Gasteiger partial charge in [0.05, 0.1) is 11.5 Å². The summed E-state index contributed by atoms with van der Waals surface area (Å²) in [5.74, 6) is 1.23. The Balaban J connectivity index is 1.39. The van der Waals surface area contributed by atoms with Crippen LogP contribution in [0.25, 0.3) is 0 Å². The van der Waals surface area contributed by atoms with Crippen molar-refractivity contribution >= 4 is 11.8 Å². The lowest BCUT2D eigenvalue weighted by Crippen LogP contribution is -2.48. The van der Waals surface area contributed by atoms with Gasteiger partial charge in [-0.3, -0.25) is 9.59 Å². The molecule has 1 aromatic carbocycles. The van der Waals surface area contributed by atoms with E-state index in [1.54, 1.807) is 0 Å². The zero-order valence-corrected chi connectivity index (χ0v) is 13.5. The van der Waals surface area contributed by atoms with Crippen LogP contribution in [0.1, 0.15) is 42.5 Å². The van der Waals surface area contributed by atoms with Crippen molar-refractivity contribution < 1.29 is 24.5 Å². The molecule has 0 aromatic heterocycles. The van der Waals surface area contributed by atoms with Gasteiger partial charge < -0.3 is 14.9 Å². The minimum Gasteiger partial charge on any atom is -0.508 e. The largest absolute Gasteiger partial charge is 0.508 e. The number of hydrogen-bond acceptors (Lipinski definition) is 5. The van der Waals surface area contributed by atoms with Gasteiger partial charge in [-0.05, 0) is 67.9 Å². The van der Waals surface area contributed by atoms with Crippen molar-refractivity contribution in [1.29, 1.82) is 0 Å². The van der Waals surface area contributed by atoms with Crippen LogP contribution in [0.2, 0.25) is 0 Å². The molecule has 0 saturated heterocycles. The van der Waals surface area contributed by atoms with Crippen molar-refractivity contribution in [2.75, 3.05) is 6.61 Å². The molecule has 0 spiro atoms. The van der Waals surface area contributed by atoms with Crippen LogP contribution in [0.3, 0.4) is 0 Å². The molecule has 0 radical (unpaired) electrons. The number of carbonyl (C=O) groups is 2. The van der Waals surface area contributed by atoms with Gasteiger partial charge in [-0.2, -0.15) is 0 Å². The van der Waals surface area contributed by atoms with Gasteiger partial charge in [0.15, 0.2) is 6.61 Å². The lowest BCUT2D eigenvalue weighted by molar-refractivity contribution is -0.161. The Morgan fingerprint density at radius 2 is 1.62 bits per heavy atom. The molecule has 0 aliphatic heterocycles. The number of rotatable bonds is 4. The minimum absolute atomic E-state index is 0.0565. The van der Waals surface area contributed by atoms with Crippen LogP contribution in [-0.2, 0) is 9.53 Å². The van der Waals surface area contributed by atoms with Gasteiger partial charge in [0.2, 0.25) is 5.78 Å². The summed E-state index contributed by atoms with van der Waals surface area (Å²) in [6.45, 7) is -0.361. The molecule has 128 valence electrons. The summed E-state index contributed by atoms with van der Waals surface area (Å²) in [6, 6.07) is 3.77. The lowest BCUT2D eigenvalue weighted by Gasteiger charge is -2.53. The van der Waals surface area contributed by atoms with Gasteiger partial charge in [-0.25, -0.2) is 0 Å². The Bertz CT molecular complexity index is 652. The third-order valence-electron chi connectivity index (χ3n) is 6.13. The number of phenolic OH excluding ortho intramolecular Hbond substituents is 2. The first-order chi connectivity index (χ1) is 11.5. The number of phenols is 2. The number of Topliss-reactive ketones (excluding diaryl/α,β-unsaturated/α-hetero) is 1. The summed E-state index contributed by atoms with van der Waals surface area (Å²) in [7, 11) is 0. The average molecular weight is 330 g/mol. The molecule has 5 nitrogen and oxygen atoms in total. The summed E-state index contributed by atoms with van der Waals surface area (Å²) in [5, 5.41) is 19.0. The SMILES string of the molecule is O=C(COC(=O)C1C2CC3CC(C2)CC1C3)c1ccc(O)cc1O. The molecule has 1 aromatic rings. The van der Waals surface area contributed by atoms with E-state index < -0.39 is 5.78 Å². The number of carbonyl (C=O) groups excluding carboxylic acids is 2. The molecule has 5 rings (SSSR count). The second-order valence-corrected chi connectivity index (χ2v) is 7.69. The summed E-state index contributed by atoms with van der Waals surface area (Å²) >= 11 is 0. The predicted octanol–water partition coefficient (Wildman–Crippen LogP) is 2.90. The Labute approximate surface area is 140 Å². The first kappa shape index (κ1) is 15.5. The minimum atomic E-state index is -0.454. The molecule has 0 atom stereocenters. The fourth-order valence-electron chi connectivity index (χ4n) is 5.38. The lowest BCUT2D eigenvalue weighted by atomic mass is 9.52. The summed E-state index contributed by atoms with van der Waals surface area (Å²) in [6.07, 6.45) is 5.82. The van der Waals surface area contributed by atoms with Gasteiger partial charge in [0, 0.05) is 6.07 Å². The Kier molecular flexibility index (Phi) is 3.74. The highest BCUT2D eigenvalue weighted by Crippen LogP contribution is 2.56. The van der Waals surface area contributed by atoms with Crippen molar-refractivity contribution in [3.05, 3.63) is 23.8 Å². The van der Waals surface area contributed by atoms with Crippen LogP contribution in [0.5, 0.6) is 11.5 Å². The number of ether oxygens (including phenoxy) is 1. The Morgan fingerprint density at radius 1 is 1.00 bits per heavy atom. The normalized spacial score (nSPS) is 33.4. The predicted molar refractivity (Wildman–Crippen MR) is 85.6 cm³/mol. The first-order valence-corrected chi connectivity index (χ1v) is 8.73. The van der Waals surface area contributed by atoms with E-state index in [1.165, 1.54) is 18.6 Å². The van der Waals surface area contributed by atoms with Crippen molar-refractivity contribution in [1.82, 2.24) is 0 Å². The van der Waals surface area contributed by atoms with Crippen LogP contribution in [0, 0.1) is 29.6 Å². The molecule has 4 aliphatic carbocycles. The number of hydrogen-bond donors (Lipinski definition) is 2. The molecular formula is C19H22O5. The third-order valence-corrected chi connectivity index (χ3v) is 6.13. The molecular weight excluding hydrogens is 308 g/mol. The monoisotopic (exact) mass is 330 g/mol. The van der Waals surface area contributed by atoms with E-state index in [-0.39, 0.29) is 35.6 Å². The second kappa shape index (κ2) is 5.80. The van der Waals surface area contributed by atoms with E-state index in [4.69, 9.17) is 4.74 Å². The second-order valence-electron chi connectivity index (χ2n) is 7.69. The molecule has 0 amide bonds. The van der Waals surface area contributed by atoms with Gasteiger partial charge in [0.1, 0.15) is 11.5 Å². The zero-order chi connectivity index (χ0) is 16.8. The number of aromatic hydroxyl groups is 2. The molecule has 4 aliphatic rings. The number of esters is 1. The van der Waals surface area contributed by atoms with Crippen molar-refractivity contribution in [3.8, 4) is 11.5 Å². The summed E-state index contributed by atoms with van der Waals surface area (Å²) in [4.78, 5) is 24.7. The van der Waals surface area contributed by atoms with Crippen LogP contribution >= 0.6 is 0 Å². The fraction of sp³-hybridized carbons (Fsp3) is 0.579. The maximum atomic E-state index is 12.5. The quantitative estimate of drug-likeness (QED) is 0.655. The molecule has 4 bridgehead atoms. The number of benzene rings is 1. The summed E-state index contributed by atoms with van der Waals surface area (Å²) < 4.78 is 5.31. The van der Waals surface area contributed by atoms with Crippen LogP contribution in [0.15, 0.2) is 18.2 Å². The maximum Gasteiger partial charge on any atom is 0.309 e. The topological polar surface area (TPSA) is 83.8 Å². The highest BCUT2D eigenvalue weighted by atomic mass is 16.5. The highest BCUT2D eigenvalue weighted by Gasteiger charge is 2.51. The molecule has 0 unspecified atom stereocenters. The molecule has 4 fully saturated rings. The van der Waals surface area contributed by atoms with Gasteiger partial charge in [0.25, 0.3) is 0 Å². The standard InChI is InChI=1S/C19H22O5/c20-14-1-2-15(16(21)8-14)17(22)9-24-19(23)18-12-4-10-3-11(6-12)7-13(18)5-10/h1-2,8,10-13,18,20-21H,3-7,9H2. The molecule has 4 saturated carbocycles. The molecule has 0 heterocycles. The first-order valence-electron chi connectivity index (χ1n) is 8.73. The van der Waals surface area contributed by atoms with Crippen molar-refractivity contribution in [2.45, 2.75) is 32.1 Å². The van der Waals surface area contributed by atoms with Crippen molar-refractivity contribution in [3.63, 3.8) is 0 Å². The van der Waals surface area contributed by atoms with Crippen LogP contribution < -0.4 is 0 Å². The molecule has 24 heavy (non-hydrogen) atoms. The van der Waals surface area contributed by atoms with Crippen LogP contribution in [0.4, 0.5) is 0 Å². The molecule has 5 heteroatoms. The number of ketones is 1. The average Bonchev–Trinajstić information content (AvgIpc) is 2.51. The third kappa shape index (κ3) is 2.66. The van der Waals surface area contributed by atoms with E-state index in [0.717, 1.165) is 43.6 Å². The Morgan fingerprint density at radius 3 is 2.21 bits per heavy atom. The van der Waals surface area contributed by atoms with E-state index in [1.807, 2.05) is 0 Å². The van der Waals surface area contributed by atoms with Gasteiger partial charge >= 0.3 is 5.97 Å². The van der Waals surface area contributed by atoms with E-state index >= 15 is 0 Å². The maximum absolute atomic E-state index is 12.5. The summed E-state index contributed by atoms with van der Waals surface area (Å²) in [5.41, 5.74) is 0.0608. The van der Waals surface area contributed by atoms with Gasteiger partial charge in [-0.15, -0.1) is 0 Å². The van der Waals surface area contributed by atoms with E-state index in [0.29, 0.717) is 11.8 Å². The van der Waals surface area contributed by atoms with E-state index in [9.17, 15) is 19.8 Å². The van der Waals surface area contributed by atoms with Crippen LogP contribution in [-0.4, -0.2) is 28.6 Å². The van der Waals surface area contributed by atoms with Gasteiger partial charge in [-0.1, -0.05) is 0 Å². The van der Waals surface area contributed by atoms with E-state index in [2.05, 4.69) is 0 Å². The smallest absolute Gasteiger partial charge is 0.309 e. The fourth-order valence-corrected chi connectivity index (χ4v) is 5.38. The Hall–Kier alpha value is -2.04.